The summed E-state index contributed by atoms with van der Waals surface area (Å²) in [6.45, 7) is -0.812. The van der Waals surface area contributed by atoms with Crippen molar-refractivity contribution < 1.29 is 24.1 Å². The van der Waals surface area contributed by atoms with Crippen molar-refractivity contribution in [3.8, 4) is 18.1 Å². The van der Waals surface area contributed by atoms with E-state index in [-0.39, 0.29) is 17.1 Å². The molecular formula is C32H28FN5O5. The maximum atomic E-state index is 15.4. The third kappa shape index (κ3) is 4.53. The van der Waals surface area contributed by atoms with Crippen molar-refractivity contribution in [2.24, 2.45) is 0 Å². The summed E-state index contributed by atoms with van der Waals surface area (Å²) < 4.78 is 27.6. The molecule has 218 valence electrons. The van der Waals surface area contributed by atoms with Crippen molar-refractivity contribution in [1.82, 2.24) is 19.5 Å². The van der Waals surface area contributed by atoms with Crippen LogP contribution < -0.4 is 15.6 Å². The van der Waals surface area contributed by atoms with Gasteiger partial charge in [0.2, 0.25) is 5.95 Å². The van der Waals surface area contributed by atoms with Gasteiger partial charge in [-0.3, -0.25) is 14.3 Å². The SMILES string of the molecule is C#C[C@]1(CO)O[C@@H](n2cnc3c(=O)[nH]c(NC(c4ccccc4)(c4ccccc4)c4ccc(OC)cc4)nc32)[C@H](F)[C@@H]1O. The normalized spacial score (nSPS) is 21.9. The molecule has 43 heavy (non-hydrogen) atoms. The number of hydrogen-bond acceptors (Lipinski definition) is 8. The molecule has 0 bridgehead atoms. The van der Waals surface area contributed by atoms with Gasteiger partial charge in [0.15, 0.2) is 29.2 Å². The predicted octanol–water partition coefficient (Wildman–Crippen LogP) is 3.12. The zero-order chi connectivity index (χ0) is 30.2. The Balaban J connectivity index is 1.54. The highest BCUT2D eigenvalue weighted by molar-refractivity contribution is 5.71. The molecule has 6 rings (SSSR count). The fourth-order valence-corrected chi connectivity index (χ4v) is 5.55. The zero-order valence-electron chi connectivity index (χ0n) is 23.0. The highest BCUT2D eigenvalue weighted by atomic mass is 19.1. The fraction of sp³-hybridized carbons (Fsp3) is 0.219. The minimum absolute atomic E-state index is 0.0124. The minimum Gasteiger partial charge on any atom is -0.497 e. The van der Waals surface area contributed by atoms with Gasteiger partial charge in [0.05, 0.1) is 20.0 Å². The van der Waals surface area contributed by atoms with Crippen LogP contribution in [0.4, 0.5) is 10.3 Å². The molecule has 0 saturated carbocycles. The van der Waals surface area contributed by atoms with Crippen molar-refractivity contribution in [3.05, 3.63) is 118 Å². The van der Waals surface area contributed by atoms with Gasteiger partial charge in [-0.25, -0.2) is 9.37 Å². The summed E-state index contributed by atoms with van der Waals surface area (Å²) in [7, 11) is 1.59. The van der Waals surface area contributed by atoms with Crippen molar-refractivity contribution in [2.45, 2.75) is 29.6 Å². The molecular weight excluding hydrogens is 553 g/mol. The van der Waals surface area contributed by atoms with Gasteiger partial charge >= 0.3 is 0 Å². The lowest BCUT2D eigenvalue weighted by Crippen LogP contribution is -2.44. The second-order valence-electron chi connectivity index (χ2n) is 10.2. The van der Waals surface area contributed by atoms with Crippen molar-refractivity contribution in [3.63, 3.8) is 0 Å². The number of methoxy groups -OCH3 is 1. The van der Waals surface area contributed by atoms with E-state index >= 15 is 4.39 Å². The van der Waals surface area contributed by atoms with Crippen LogP contribution in [0, 0.1) is 12.3 Å². The van der Waals surface area contributed by atoms with E-state index < -0.39 is 41.8 Å². The number of hydrogen-bond donors (Lipinski definition) is 4. The number of imidazole rings is 1. The molecule has 10 nitrogen and oxygen atoms in total. The van der Waals surface area contributed by atoms with Gasteiger partial charge in [-0.1, -0.05) is 78.7 Å². The first kappa shape index (κ1) is 28.1. The van der Waals surface area contributed by atoms with E-state index in [1.54, 1.807) is 7.11 Å². The number of benzene rings is 3. The molecule has 0 amide bonds. The number of aromatic amines is 1. The highest BCUT2D eigenvalue weighted by Crippen LogP contribution is 2.41. The summed E-state index contributed by atoms with van der Waals surface area (Å²) in [6, 6.07) is 26.8. The van der Waals surface area contributed by atoms with Crippen molar-refractivity contribution in [1.29, 1.82) is 0 Å². The minimum atomic E-state index is -2.04. The second kappa shape index (κ2) is 11.0. The molecule has 2 aromatic heterocycles. The van der Waals surface area contributed by atoms with E-state index in [2.05, 4.69) is 26.2 Å². The number of ether oxygens (including phenoxy) is 2. The van der Waals surface area contributed by atoms with Gasteiger partial charge in [-0.05, 0) is 28.8 Å². The number of H-pyrrole nitrogens is 1. The molecule has 0 unspecified atom stereocenters. The Morgan fingerprint density at radius 2 is 1.70 bits per heavy atom. The number of aliphatic hydroxyl groups excluding tert-OH is 2. The number of halogens is 1. The molecule has 1 fully saturated rings. The summed E-state index contributed by atoms with van der Waals surface area (Å²) in [5.41, 5.74) is -1.21. The average molecular weight is 582 g/mol. The molecule has 0 aliphatic carbocycles. The number of alkyl halides is 1. The average Bonchev–Trinajstić information content (AvgIpc) is 3.59. The van der Waals surface area contributed by atoms with Crippen LogP contribution in [0.1, 0.15) is 22.9 Å². The van der Waals surface area contributed by atoms with Crippen LogP contribution in [0.2, 0.25) is 0 Å². The second-order valence-corrected chi connectivity index (χ2v) is 10.2. The molecule has 1 aliphatic heterocycles. The van der Waals surface area contributed by atoms with E-state index in [0.717, 1.165) is 16.7 Å². The van der Waals surface area contributed by atoms with E-state index in [1.807, 2.05) is 84.9 Å². The Morgan fingerprint density at radius 1 is 1.09 bits per heavy atom. The number of fused-ring (bicyclic) bond motifs is 1. The maximum Gasteiger partial charge on any atom is 0.280 e. The molecule has 5 aromatic rings. The van der Waals surface area contributed by atoms with Gasteiger partial charge in [-0.15, -0.1) is 6.42 Å². The number of aliphatic hydroxyl groups is 2. The van der Waals surface area contributed by atoms with Gasteiger partial charge in [0.25, 0.3) is 5.56 Å². The first-order valence-corrected chi connectivity index (χ1v) is 13.5. The first-order chi connectivity index (χ1) is 20.9. The van der Waals surface area contributed by atoms with Crippen molar-refractivity contribution >= 4 is 17.1 Å². The predicted molar refractivity (Wildman–Crippen MR) is 157 cm³/mol. The molecule has 1 saturated heterocycles. The number of terminal acetylenes is 1. The van der Waals surface area contributed by atoms with E-state index in [4.69, 9.17) is 15.9 Å². The third-order valence-electron chi connectivity index (χ3n) is 7.81. The molecule has 4 atom stereocenters. The standard InChI is InChI=1S/C32H28FN5O5/c1-3-31(18-39)26(40)24(33)29(43-31)38-19-34-25-27(38)35-30(36-28(25)41)37-32(20-10-6-4-7-11-20,21-12-8-5-9-13-21)22-14-16-23(42-2)17-15-22/h1,4-17,19,24,26,29,39-40H,18H2,2H3,(H2,35,36,37,41)/t24-,26+,29-,31-/m1/s1. The largest absolute Gasteiger partial charge is 0.497 e. The van der Waals surface area contributed by atoms with Crippen LogP contribution in [-0.2, 0) is 10.3 Å². The fourth-order valence-electron chi connectivity index (χ4n) is 5.55. The summed E-state index contributed by atoms with van der Waals surface area (Å²) in [5, 5.41) is 23.8. The van der Waals surface area contributed by atoms with Crippen LogP contribution in [0.3, 0.4) is 0 Å². The number of anilines is 1. The van der Waals surface area contributed by atoms with Gasteiger partial charge in [0.1, 0.15) is 17.4 Å². The van der Waals surface area contributed by atoms with Gasteiger partial charge < -0.3 is 25.0 Å². The van der Waals surface area contributed by atoms with Crippen LogP contribution in [0.15, 0.2) is 96.1 Å². The number of rotatable bonds is 8. The number of nitrogens with one attached hydrogen (secondary N) is 2. The Hall–Kier alpha value is -5.02. The smallest absolute Gasteiger partial charge is 0.280 e. The van der Waals surface area contributed by atoms with Gasteiger partial charge in [0, 0.05) is 0 Å². The van der Waals surface area contributed by atoms with Crippen LogP contribution in [-0.4, -0.2) is 61.3 Å². The lowest BCUT2D eigenvalue weighted by Gasteiger charge is -2.37. The van der Waals surface area contributed by atoms with Gasteiger partial charge in [-0.2, -0.15) is 4.98 Å². The molecule has 11 heteroatoms. The molecule has 4 N–H and O–H groups in total. The highest BCUT2D eigenvalue weighted by Gasteiger charge is 2.55. The number of nitrogens with zero attached hydrogens (tertiary/aromatic N) is 3. The summed E-state index contributed by atoms with van der Waals surface area (Å²) in [5.74, 6) is 2.88. The van der Waals surface area contributed by atoms with E-state index in [0.29, 0.717) is 5.75 Å². The Morgan fingerprint density at radius 3 is 2.23 bits per heavy atom. The quantitative estimate of drug-likeness (QED) is 0.162. The Kier molecular flexibility index (Phi) is 7.19. The Labute approximate surface area is 245 Å². The molecule has 3 heterocycles. The Bertz CT molecular complexity index is 1800. The van der Waals surface area contributed by atoms with Crippen molar-refractivity contribution in [2.75, 3.05) is 19.0 Å². The lowest BCUT2D eigenvalue weighted by atomic mass is 9.77. The molecule has 0 radical (unpaired) electrons. The van der Waals surface area contributed by atoms with Crippen LogP contribution >= 0.6 is 0 Å². The first-order valence-electron chi connectivity index (χ1n) is 13.5. The number of aromatic nitrogens is 4. The summed E-state index contributed by atoms with van der Waals surface area (Å²) in [4.78, 5) is 24.9. The molecule has 1 aliphatic rings. The lowest BCUT2D eigenvalue weighted by molar-refractivity contribution is -0.0900. The maximum absolute atomic E-state index is 15.4. The van der Waals surface area contributed by atoms with Crippen LogP contribution in [0.5, 0.6) is 5.75 Å². The third-order valence-corrected chi connectivity index (χ3v) is 7.81. The van der Waals surface area contributed by atoms with Crippen LogP contribution in [0.25, 0.3) is 11.2 Å². The molecule has 3 aromatic carbocycles. The summed E-state index contributed by atoms with van der Waals surface area (Å²) >= 11 is 0. The zero-order valence-corrected chi connectivity index (χ0v) is 23.0. The van der Waals surface area contributed by atoms with E-state index in [9.17, 15) is 15.0 Å². The molecule has 0 spiro atoms. The monoisotopic (exact) mass is 581 g/mol. The summed E-state index contributed by atoms with van der Waals surface area (Å²) in [6.07, 6.45) is 1.32. The van der Waals surface area contributed by atoms with E-state index in [1.165, 1.54) is 10.9 Å². The topological polar surface area (TPSA) is 135 Å².